The van der Waals surface area contributed by atoms with Crippen LogP contribution in [0.1, 0.15) is 13.8 Å². The van der Waals surface area contributed by atoms with E-state index in [9.17, 15) is 14.4 Å². The van der Waals surface area contributed by atoms with Crippen molar-refractivity contribution in [2.45, 2.75) is 13.8 Å². The number of carbonyl (C=O) groups is 3. The standard InChI is InChI=1S/C14H19N3O4/c1-14(2,12(19)20)9-16-11(18)8-15-13(21)17-10-6-4-3-5-7-10/h3-7H,8-9H2,1-2H3,(H,16,18)(H,19,20)(H2,15,17,21). The largest absolute Gasteiger partial charge is 0.481 e. The van der Waals surface area contributed by atoms with Crippen molar-refractivity contribution in [3.8, 4) is 0 Å². The number of carboxylic acids is 1. The molecule has 0 atom stereocenters. The maximum absolute atomic E-state index is 11.5. The van der Waals surface area contributed by atoms with Crippen LogP contribution in [-0.4, -0.2) is 36.1 Å². The summed E-state index contributed by atoms with van der Waals surface area (Å²) in [6.45, 7) is 2.77. The fourth-order valence-corrected chi connectivity index (χ4v) is 1.31. The predicted octanol–water partition coefficient (Wildman–Crippen LogP) is 1.04. The van der Waals surface area contributed by atoms with Crippen molar-refractivity contribution in [2.24, 2.45) is 5.41 Å². The Hall–Kier alpha value is -2.57. The molecule has 0 unspecified atom stereocenters. The number of anilines is 1. The molecular weight excluding hydrogens is 274 g/mol. The smallest absolute Gasteiger partial charge is 0.319 e. The molecule has 1 aromatic rings. The lowest BCUT2D eigenvalue weighted by molar-refractivity contribution is -0.146. The van der Waals surface area contributed by atoms with Gasteiger partial charge in [0.1, 0.15) is 0 Å². The summed E-state index contributed by atoms with van der Waals surface area (Å²) in [7, 11) is 0. The van der Waals surface area contributed by atoms with Crippen LogP contribution in [-0.2, 0) is 9.59 Å². The van der Waals surface area contributed by atoms with Crippen molar-refractivity contribution in [3.05, 3.63) is 30.3 Å². The number of para-hydroxylation sites is 1. The van der Waals surface area contributed by atoms with Crippen LogP contribution >= 0.6 is 0 Å². The molecule has 7 heteroatoms. The van der Waals surface area contributed by atoms with Gasteiger partial charge in [-0.15, -0.1) is 0 Å². The quantitative estimate of drug-likeness (QED) is 0.628. The molecule has 0 saturated carbocycles. The minimum Gasteiger partial charge on any atom is -0.481 e. The molecule has 3 amide bonds. The molecule has 0 aliphatic carbocycles. The lowest BCUT2D eigenvalue weighted by Crippen LogP contribution is -2.44. The third kappa shape index (κ3) is 5.94. The van der Waals surface area contributed by atoms with E-state index in [4.69, 9.17) is 5.11 Å². The van der Waals surface area contributed by atoms with Crippen LogP contribution in [0.3, 0.4) is 0 Å². The summed E-state index contributed by atoms with van der Waals surface area (Å²) in [6.07, 6.45) is 0. The fourth-order valence-electron chi connectivity index (χ4n) is 1.31. The van der Waals surface area contributed by atoms with E-state index < -0.39 is 23.3 Å². The van der Waals surface area contributed by atoms with Gasteiger partial charge in [-0.25, -0.2) is 4.79 Å². The Labute approximate surface area is 122 Å². The second-order valence-corrected chi connectivity index (χ2v) is 5.14. The van der Waals surface area contributed by atoms with Crippen molar-refractivity contribution in [3.63, 3.8) is 0 Å². The zero-order chi connectivity index (χ0) is 15.9. The Morgan fingerprint density at radius 2 is 1.71 bits per heavy atom. The average molecular weight is 293 g/mol. The summed E-state index contributed by atoms with van der Waals surface area (Å²) < 4.78 is 0. The number of rotatable bonds is 6. The predicted molar refractivity (Wildman–Crippen MR) is 77.9 cm³/mol. The van der Waals surface area contributed by atoms with E-state index in [0.29, 0.717) is 5.69 Å². The van der Waals surface area contributed by atoms with Gasteiger partial charge in [-0.1, -0.05) is 18.2 Å². The summed E-state index contributed by atoms with van der Waals surface area (Å²) in [6, 6.07) is 8.30. The van der Waals surface area contributed by atoms with Gasteiger partial charge in [-0.3, -0.25) is 9.59 Å². The lowest BCUT2D eigenvalue weighted by atomic mass is 9.94. The van der Waals surface area contributed by atoms with Gasteiger partial charge < -0.3 is 21.1 Å². The topological polar surface area (TPSA) is 108 Å². The van der Waals surface area contributed by atoms with Gasteiger partial charge in [0.15, 0.2) is 0 Å². The molecule has 1 rings (SSSR count). The second kappa shape index (κ2) is 7.28. The monoisotopic (exact) mass is 293 g/mol. The normalized spacial score (nSPS) is 10.6. The minimum absolute atomic E-state index is 0.0108. The van der Waals surface area contributed by atoms with E-state index in [-0.39, 0.29) is 13.1 Å². The van der Waals surface area contributed by atoms with Crippen LogP contribution in [0.2, 0.25) is 0 Å². The Bertz CT molecular complexity index is 514. The van der Waals surface area contributed by atoms with Crippen molar-refractivity contribution in [2.75, 3.05) is 18.4 Å². The molecule has 0 heterocycles. The molecule has 0 aliphatic heterocycles. The van der Waals surface area contributed by atoms with Gasteiger partial charge in [0, 0.05) is 12.2 Å². The minimum atomic E-state index is -1.05. The highest BCUT2D eigenvalue weighted by atomic mass is 16.4. The number of hydrogen-bond acceptors (Lipinski definition) is 3. The number of hydrogen-bond donors (Lipinski definition) is 4. The fraction of sp³-hybridized carbons (Fsp3) is 0.357. The Morgan fingerprint density at radius 1 is 1.10 bits per heavy atom. The van der Waals surface area contributed by atoms with Gasteiger partial charge in [0.25, 0.3) is 0 Å². The number of nitrogens with one attached hydrogen (secondary N) is 3. The SMILES string of the molecule is CC(C)(CNC(=O)CNC(=O)Nc1ccccc1)C(=O)O. The molecular formula is C14H19N3O4. The third-order valence-corrected chi connectivity index (χ3v) is 2.75. The maximum Gasteiger partial charge on any atom is 0.319 e. The first-order valence-corrected chi connectivity index (χ1v) is 6.41. The second-order valence-electron chi connectivity index (χ2n) is 5.14. The highest BCUT2D eigenvalue weighted by Crippen LogP contribution is 2.12. The molecule has 0 fully saturated rings. The van der Waals surface area contributed by atoms with Gasteiger partial charge in [0.2, 0.25) is 5.91 Å². The first kappa shape index (κ1) is 16.5. The molecule has 0 aromatic heterocycles. The summed E-state index contributed by atoms with van der Waals surface area (Å²) >= 11 is 0. The van der Waals surface area contributed by atoms with Crippen LogP contribution < -0.4 is 16.0 Å². The van der Waals surface area contributed by atoms with Crippen LogP contribution in [0, 0.1) is 5.41 Å². The summed E-state index contributed by atoms with van der Waals surface area (Å²) in [5, 5.41) is 16.3. The zero-order valence-electron chi connectivity index (χ0n) is 12.0. The van der Waals surface area contributed by atoms with Crippen LogP contribution in [0.5, 0.6) is 0 Å². The van der Waals surface area contributed by atoms with Crippen LogP contribution in [0.4, 0.5) is 10.5 Å². The van der Waals surface area contributed by atoms with Crippen molar-refractivity contribution in [1.82, 2.24) is 10.6 Å². The molecule has 0 aliphatic rings. The molecule has 0 radical (unpaired) electrons. The first-order valence-electron chi connectivity index (χ1n) is 6.41. The van der Waals surface area contributed by atoms with Gasteiger partial charge in [-0.2, -0.15) is 0 Å². The van der Waals surface area contributed by atoms with Crippen molar-refractivity contribution < 1.29 is 19.5 Å². The Balaban J connectivity index is 2.30. The first-order chi connectivity index (χ1) is 9.81. The van der Waals surface area contributed by atoms with E-state index in [2.05, 4.69) is 16.0 Å². The molecule has 0 saturated heterocycles. The molecule has 0 bridgehead atoms. The Kier molecular flexibility index (Phi) is 5.71. The Morgan fingerprint density at radius 3 is 2.29 bits per heavy atom. The third-order valence-electron chi connectivity index (χ3n) is 2.75. The van der Waals surface area contributed by atoms with Gasteiger partial charge >= 0.3 is 12.0 Å². The molecule has 0 spiro atoms. The number of amides is 3. The van der Waals surface area contributed by atoms with E-state index in [1.165, 1.54) is 13.8 Å². The number of benzene rings is 1. The zero-order valence-corrected chi connectivity index (χ0v) is 12.0. The molecule has 21 heavy (non-hydrogen) atoms. The maximum atomic E-state index is 11.5. The highest BCUT2D eigenvalue weighted by molar-refractivity contribution is 5.92. The van der Waals surface area contributed by atoms with E-state index >= 15 is 0 Å². The molecule has 4 N–H and O–H groups in total. The average Bonchev–Trinajstić information content (AvgIpc) is 2.44. The van der Waals surface area contributed by atoms with E-state index in [1.807, 2.05) is 6.07 Å². The van der Waals surface area contributed by atoms with E-state index in [0.717, 1.165) is 0 Å². The summed E-state index contributed by atoms with van der Waals surface area (Å²) in [5.74, 6) is -1.45. The van der Waals surface area contributed by atoms with Crippen molar-refractivity contribution >= 4 is 23.6 Å². The number of carbonyl (C=O) groups excluding carboxylic acids is 2. The van der Waals surface area contributed by atoms with Crippen LogP contribution in [0.15, 0.2) is 30.3 Å². The number of aliphatic carboxylic acids is 1. The lowest BCUT2D eigenvalue weighted by Gasteiger charge is -2.19. The van der Waals surface area contributed by atoms with Gasteiger partial charge in [0.05, 0.1) is 12.0 Å². The highest BCUT2D eigenvalue weighted by Gasteiger charge is 2.27. The number of carboxylic acid groups (broad SMARTS) is 1. The summed E-state index contributed by atoms with van der Waals surface area (Å²) in [4.78, 5) is 33.9. The molecule has 114 valence electrons. The van der Waals surface area contributed by atoms with Gasteiger partial charge in [-0.05, 0) is 26.0 Å². The summed E-state index contributed by atoms with van der Waals surface area (Å²) in [5.41, 5.74) is -0.440. The molecule has 1 aromatic carbocycles. The van der Waals surface area contributed by atoms with Crippen LogP contribution in [0.25, 0.3) is 0 Å². The number of urea groups is 1. The molecule has 7 nitrogen and oxygen atoms in total. The van der Waals surface area contributed by atoms with E-state index in [1.54, 1.807) is 24.3 Å². The van der Waals surface area contributed by atoms with Crippen molar-refractivity contribution in [1.29, 1.82) is 0 Å².